The molecule has 4 nitrogen and oxygen atoms in total. The molecule has 1 aromatic rings. The van der Waals surface area contributed by atoms with Gasteiger partial charge in [-0.15, -0.1) is 0 Å². The number of nitrogens with zero attached hydrogens (tertiary/aromatic N) is 2. The van der Waals surface area contributed by atoms with Gasteiger partial charge >= 0.3 is 5.97 Å². The Morgan fingerprint density at radius 3 is 3.00 bits per heavy atom. The zero-order valence-electron chi connectivity index (χ0n) is 11.4. The number of allylic oxidation sites excluding steroid dienone is 3. The van der Waals surface area contributed by atoms with Gasteiger partial charge in [-0.1, -0.05) is 23.8 Å². The molecule has 1 unspecified atom stereocenters. The van der Waals surface area contributed by atoms with Crippen molar-refractivity contribution in [3.63, 3.8) is 0 Å². The lowest BCUT2D eigenvalue weighted by Gasteiger charge is -2.14. The molecule has 1 atom stereocenters. The van der Waals surface area contributed by atoms with E-state index < -0.39 is 11.9 Å². The van der Waals surface area contributed by atoms with Crippen LogP contribution in [0, 0.1) is 11.9 Å². The Labute approximate surface area is 121 Å². The van der Waals surface area contributed by atoms with Crippen LogP contribution >= 0.6 is 0 Å². The number of pyridine rings is 1. The predicted molar refractivity (Wildman–Crippen MR) is 76.7 cm³/mol. The van der Waals surface area contributed by atoms with E-state index in [-0.39, 0.29) is 11.6 Å². The number of aliphatic imine (C=N–C) groups is 1. The van der Waals surface area contributed by atoms with Crippen LogP contribution in [0.5, 0.6) is 0 Å². The first kappa shape index (κ1) is 13.4. The molecule has 106 valence electrons. The highest BCUT2D eigenvalue weighted by molar-refractivity contribution is 6.08. The second kappa shape index (κ2) is 5.44. The molecule has 0 saturated heterocycles. The minimum absolute atomic E-state index is 0.0174. The lowest BCUT2D eigenvalue weighted by atomic mass is 9.95. The van der Waals surface area contributed by atoms with Crippen molar-refractivity contribution in [2.45, 2.75) is 13.3 Å². The maximum absolute atomic E-state index is 12.8. The van der Waals surface area contributed by atoms with Crippen LogP contribution in [0.1, 0.15) is 18.9 Å². The van der Waals surface area contributed by atoms with Gasteiger partial charge in [0.25, 0.3) is 0 Å². The van der Waals surface area contributed by atoms with E-state index in [1.54, 1.807) is 0 Å². The van der Waals surface area contributed by atoms with Crippen molar-refractivity contribution in [1.82, 2.24) is 4.98 Å². The van der Waals surface area contributed by atoms with Crippen LogP contribution in [-0.2, 0) is 9.53 Å². The number of hydrogen-bond donors (Lipinski definition) is 0. The van der Waals surface area contributed by atoms with Crippen LogP contribution in [0.25, 0.3) is 6.08 Å². The fourth-order valence-corrected chi connectivity index (χ4v) is 2.22. The molecule has 21 heavy (non-hydrogen) atoms. The van der Waals surface area contributed by atoms with Crippen LogP contribution in [-0.4, -0.2) is 16.9 Å². The number of carbonyl (C=O) groups is 1. The minimum Gasteiger partial charge on any atom is -0.406 e. The summed E-state index contributed by atoms with van der Waals surface area (Å²) in [7, 11) is 0. The minimum atomic E-state index is -0.565. The lowest BCUT2D eigenvalue weighted by molar-refractivity contribution is -0.130. The number of esters is 1. The average molecular weight is 284 g/mol. The van der Waals surface area contributed by atoms with Crippen LogP contribution in [0.2, 0.25) is 0 Å². The standard InChI is InChI=1S/C16H13FN2O2/c1-10-3-2-4-12(7-10)15-19-13(16(20)21-15)8-11-5-6-14(17)18-9-11/h2-6,8-9,12H,7H2,1H3/b13-8-. The molecule has 1 aliphatic carbocycles. The van der Waals surface area contributed by atoms with E-state index in [9.17, 15) is 9.18 Å². The molecule has 3 rings (SSSR count). The second-order valence-electron chi connectivity index (χ2n) is 4.99. The fraction of sp³-hybridized carbons (Fsp3) is 0.188. The molecule has 1 aromatic heterocycles. The van der Waals surface area contributed by atoms with Crippen molar-refractivity contribution in [3.8, 4) is 0 Å². The molecule has 0 aromatic carbocycles. The highest BCUT2D eigenvalue weighted by atomic mass is 19.1. The zero-order chi connectivity index (χ0) is 14.8. The number of halogens is 1. The highest BCUT2D eigenvalue weighted by Crippen LogP contribution is 2.25. The highest BCUT2D eigenvalue weighted by Gasteiger charge is 2.28. The zero-order valence-corrected chi connectivity index (χ0v) is 11.4. The van der Waals surface area contributed by atoms with E-state index in [1.807, 2.05) is 25.2 Å². The third-order valence-corrected chi connectivity index (χ3v) is 3.27. The predicted octanol–water partition coefficient (Wildman–Crippen LogP) is 3.04. The summed E-state index contributed by atoms with van der Waals surface area (Å²) in [6.45, 7) is 2.02. The van der Waals surface area contributed by atoms with Gasteiger partial charge in [-0.3, -0.25) is 0 Å². The van der Waals surface area contributed by atoms with E-state index >= 15 is 0 Å². The number of aromatic nitrogens is 1. The first-order valence-corrected chi connectivity index (χ1v) is 6.60. The summed E-state index contributed by atoms with van der Waals surface area (Å²) in [5, 5.41) is 0. The van der Waals surface area contributed by atoms with Crippen molar-refractivity contribution >= 4 is 17.9 Å². The van der Waals surface area contributed by atoms with Gasteiger partial charge in [-0.25, -0.2) is 14.8 Å². The smallest absolute Gasteiger partial charge is 0.363 e. The molecule has 1 aliphatic heterocycles. The van der Waals surface area contributed by atoms with Gasteiger partial charge in [0.05, 0.1) is 5.92 Å². The maximum atomic E-state index is 12.8. The Kier molecular flexibility index (Phi) is 3.48. The third kappa shape index (κ3) is 2.97. The van der Waals surface area contributed by atoms with E-state index in [0.717, 1.165) is 6.42 Å². The molecular weight excluding hydrogens is 271 g/mol. The maximum Gasteiger partial charge on any atom is 0.363 e. The van der Waals surface area contributed by atoms with Crippen LogP contribution in [0.3, 0.4) is 0 Å². The van der Waals surface area contributed by atoms with Gasteiger partial charge in [-0.05, 0) is 37.1 Å². The van der Waals surface area contributed by atoms with Crippen molar-refractivity contribution in [3.05, 3.63) is 59.3 Å². The summed E-state index contributed by atoms with van der Waals surface area (Å²) in [5.74, 6) is -0.666. The summed E-state index contributed by atoms with van der Waals surface area (Å²) < 4.78 is 18.0. The van der Waals surface area contributed by atoms with Crippen LogP contribution in [0.4, 0.5) is 4.39 Å². The number of hydrogen-bond acceptors (Lipinski definition) is 4. The van der Waals surface area contributed by atoms with Crippen molar-refractivity contribution < 1.29 is 13.9 Å². The lowest BCUT2D eigenvalue weighted by Crippen LogP contribution is -2.16. The van der Waals surface area contributed by atoms with Crippen LogP contribution < -0.4 is 0 Å². The summed E-state index contributed by atoms with van der Waals surface area (Å²) in [6, 6.07) is 2.76. The monoisotopic (exact) mass is 284 g/mol. The van der Waals surface area contributed by atoms with Crippen molar-refractivity contribution in [2.24, 2.45) is 10.9 Å². The van der Waals surface area contributed by atoms with Gasteiger partial charge < -0.3 is 4.74 Å². The van der Waals surface area contributed by atoms with Gasteiger partial charge in [0.2, 0.25) is 11.8 Å². The summed E-state index contributed by atoms with van der Waals surface area (Å²) in [4.78, 5) is 19.6. The van der Waals surface area contributed by atoms with Gasteiger partial charge in [0, 0.05) is 6.20 Å². The molecule has 0 N–H and O–H groups in total. The molecule has 5 heteroatoms. The van der Waals surface area contributed by atoms with E-state index in [2.05, 4.69) is 9.98 Å². The Bertz CT molecular complexity index is 699. The Morgan fingerprint density at radius 1 is 1.43 bits per heavy atom. The van der Waals surface area contributed by atoms with Gasteiger partial charge in [0.15, 0.2) is 5.70 Å². The normalized spacial score (nSPS) is 23.0. The Hall–Kier alpha value is -2.56. The number of ether oxygens (including phenoxy) is 1. The number of carbonyl (C=O) groups excluding carboxylic acids is 1. The largest absolute Gasteiger partial charge is 0.406 e. The SMILES string of the molecule is CC1=CC=CC(C2=N/C(=C\c3ccc(F)nc3)C(=O)O2)C1. The molecule has 0 bridgehead atoms. The van der Waals surface area contributed by atoms with Crippen molar-refractivity contribution in [1.29, 1.82) is 0 Å². The molecule has 0 fully saturated rings. The third-order valence-electron chi connectivity index (χ3n) is 3.27. The topological polar surface area (TPSA) is 51.5 Å². The van der Waals surface area contributed by atoms with Crippen LogP contribution in [0.15, 0.2) is 52.8 Å². The van der Waals surface area contributed by atoms with Crippen molar-refractivity contribution in [2.75, 3.05) is 0 Å². The summed E-state index contributed by atoms with van der Waals surface area (Å²) >= 11 is 0. The second-order valence-corrected chi connectivity index (χ2v) is 4.99. The fourth-order valence-electron chi connectivity index (χ4n) is 2.22. The van der Waals surface area contributed by atoms with Gasteiger partial charge in [-0.2, -0.15) is 4.39 Å². The molecule has 0 saturated carbocycles. The van der Waals surface area contributed by atoms with E-state index in [1.165, 1.54) is 30.0 Å². The number of cyclic esters (lactones) is 1. The first-order valence-electron chi connectivity index (χ1n) is 6.60. The van der Waals surface area contributed by atoms with E-state index in [4.69, 9.17) is 4.74 Å². The molecular formula is C16H13FN2O2. The molecule has 0 spiro atoms. The molecule has 2 heterocycles. The molecule has 0 amide bonds. The summed E-state index contributed by atoms with van der Waals surface area (Å²) in [6.07, 6.45) is 9.59. The Balaban J connectivity index is 1.84. The van der Waals surface area contributed by atoms with E-state index in [0.29, 0.717) is 11.5 Å². The van der Waals surface area contributed by atoms with Gasteiger partial charge in [0.1, 0.15) is 0 Å². The molecule has 0 radical (unpaired) electrons. The summed E-state index contributed by atoms with van der Waals surface area (Å²) in [5.41, 5.74) is 2.02. The quantitative estimate of drug-likeness (QED) is 0.476. The first-order chi connectivity index (χ1) is 10.1. The molecule has 2 aliphatic rings. The number of rotatable bonds is 2. The average Bonchev–Trinajstić information content (AvgIpc) is 2.83. The Morgan fingerprint density at radius 2 is 2.29 bits per heavy atom.